The van der Waals surface area contributed by atoms with Crippen LogP contribution < -0.4 is 15.5 Å². The van der Waals surface area contributed by atoms with Crippen LogP contribution in [0.1, 0.15) is 12.5 Å². The number of morpholine rings is 1. The van der Waals surface area contributed by atoms with Crippen LogP contribution in [0.5, 0.6) is 0 Å². The van der Waals surface area contributed by atoms with Crippen LogP contribution >= 0.6 is 0 Å². The summed E-state index contributed by atoms with van der Waals surface area (Å²) < 4.78 is 5.48. The van der Waals surface area contributed by atoms with Gasteiger partial charge in [-0.2, -0.15) is 0 Å². The molecule has 0 aromatic heterocycles. The zero-order chi connectivity index (χ0) is 14.5. The lowest BCUT2D eigenvalue weighted by Crippen LogP contribution is -2.55. The van der Waals surface area contributed by atoms with Crippen molar-refractivity contribution in [1.82, 2.24) is 10.6 Å². The quantitative estimate of drug-likeness (QED) is 0.852. The molecule has 0 bridgehead atoms. The summed E-state index contributed by atoms with van der Waals surface area (Å²) in [6.45, 7) is 3.84. The summed E-state index contributed by atoms with van der Waals surface area (Å²) in [7, 11) is 4.01. The Hall–Kier alpha value is -1.59. The number of hydrogen-bond donors (Lipinski definition) is 2. The lowest BCUT2D eigenvalue weighted by Gasteiger charge is -2.29. The zero-order valence-corrected chi connectivity index (χ0v) is 12.3. The van der Waals surface area contributed by atoms with Crippen molar-refractivity contribution in [3.8, 4) is 0 Å². The molecule has 1 aromatic carbocycles. The summed E-state index contributed by atoms with van der Waals surface area (Å²) in [5, 5.41) is 6.15. The van der Waals surface area contributed by atoms with Crippen LogP contribution in [0.15, 0.2) is 24.3 Å². The predicted octanol–water partition coefficient (Wildman–Crippen LogP) is 0.746. The van der Waals surface area contributed by atoms with Gasteiger partial charge in [0.05, 0.1) is 12.7 Å². The minimum atomic E-state index is -0.263. The summed E-state index contributed by atoms with van der Waals surface area (Å²) in [5.74, 6) is -0.00699. The van der Waals surface area contributed by atoms with Gasteiger partial charge in [0.15, 0.2) is 0 Å². The molecule has 0 radical (unpaired) electrons. The van der Waals surface area contributed by atoms with Crippen molar-refractivity contribution < 1.29 is 9.53 Å². The van der Waals surface area contributed by atoms with E-state index in [1.807, 2.05) is 44.1 Å². The van der Waals surface area contributed by atoms with Crippen molar-refractivity contribution in [2.75, 3.05) is 32.1 Å². The number of nitrogens with one attached hydrogen (secondary N) is 2. The topological polar surface area (TPSA) is 53.6 Å². The Balaban J connectivity index is 1.91. The molecule has 5 nitrogen and oxygen atoms in total. The second kappa shape index (κ2) is 6.72. The van der Waals surface area contributed by atoms with Gasteiger partial charge in [-0.25, -0.2) is 0 Å². The molecule has 0 aliphatic carbocycles. The molecule has 0 unspecified atom stereocenters. The van der Waals surface area contributed by atoms with Crippen molar-refractivity contribution in [3.05, 3.63) is 29.8 Å². The van der Waals surface area contributed by atoms with Gasteiger partial charge in [-0.1, -0.05) is 12.1 Å². The SMILES string of the molecule is C[C@H]1OCCN[C@@H]1C(=O)NCc1cccc(N(C)C)c1. The number of benzene rings is 1. The molecule has 110 valence electrons. The van der Waals surface area contributed by atoms with Crippen LogP contribution in [0.25, 0.3) is 0 Å². The van der Waals surface area contributed by atoms with E-state index in [4.69, 9.17) is 4.74 Å². The minimum Gasteiger partial charge on any atom is -0.378 e. The molecule has 1 amide bonds. The first-order valence-electron chi connectivity index (χ1n) is 6.97. The monoisotopic (exact) mass is 277 g/mol. The van der Waals surface area contributed by atoms with E-state index in [9.17, 15) is 4.79 Å². The Morgan fingerprint density at radius 3 is 3.00 bits per heavy atom. The average molecular weight is 277 g/mol. The maximum atomic E-state index is 12.1. The second-order valence-electron chi connectivity index (χ2n) is 5.29. The van der Waals surface area contributed by atoms with E-state index in [0.717, 1.165) is 17.8 Å². The van der Waals surface area contributed by atoms with Crippen LogP contribution in [0, 0.1) is 0 Å². The summed E-state index contributed by atoms with van der Waals surface area (Å²) >= 11 is 0. The molecule has 1 aromatic rings. The van der Waals surface area contributed by atoms with Gasteiger partial charge in [0.1, 0.15) is 6.04 Å². The van der Waals surface area contributed by atoms with Crippen molar-refractivity contribution in [3.63, 3.8) is 0 Å². The molecule has 2 atom stereocenters. The van der Waals surface area contributed by atoms with E-state index in [-0.39, 0.29) is 18.1 Å². The zero-order valence-electron chi connectivity index (χ0n) is 12.3. The Bertz CT molecular complexity index is 462. The van der Waals surface area contributed by atoms with Crippen molar-refractivity contribution in [1.29, 1.82) is 0 Å². The van der Waals surface area contributed by atoms with E-state index in [0.29, 0.717) is 13.2 Å². The number of carbonyl (C=O) groups is 1. The first-order valence-corrected chi connectivity index (χ1v) is 6.97. The molecule has 0 saturated carbocycles. The van der Waals surface area contributed by atoms with E-state index in [1.54, 1.807) is 0 Å². The number of nitrogens with zero attached hydrogens (tertiary/aromatic N) is 1. The molecule has 20 heavy (non-hydrogen) atoms. The van der Waals surface area contributed by atoms with Gasteiger partial charge in [0.2, 0.25) is 5.91 Å². The smallest absolute Gasteiger partial charge is 0.240 e. The van der Waals surface area contributed by atoms with Gasteiger partial charge in [-0.3, -0.25) is 4.79 Å². The third kappa shape index (κ3) is 3.71. The maximum absolute atomic E-state index is 12.1. The molecule has 5 heteroatoms. The summed E-state index contributed by atoms with van der Waals surface area (Å²) in [5.41, 5.74) is 2.22. The van der Waals surface area contributed by atoms with Gasteiger partial charge < -0.3 is 20.3 Å². The molecule has 1 fully saturated rings. The number of hydrogen-bond acceptors (Lipinski definition) is 4. The molecular formula is C15H23N3O2. The maximum Gasteiger partial charge on any atom is 0.240 e. The van der Waals surface area contributed by atoms with E-state index in [1.165, 1.54) is 0 Å². The normalized spacial score (nSPS) is 22.4. The number of amides is 1. The highest BCUT2D eigenvalue weighted by Gasteiger charge is 2.27. The highest BCUT2D eigenvalue weighted by molar-refractivity contribution is 5.82. The van der Waals surface area contributed by atoms with Crippen molar-refractivity contribution in [2.24, 2.45) is 0 Å². The van der Waals surface area contributed by atoms with Crippen LogP contribution in [0.2, 0.25) is 0 Å². The summed E-state index contributed by atoms with van der Waals surface area (Å²) in [6.07, 6.45) is -0.0862. The van der Waals surface area contributed by atoms with Gasteiger partial charge in [0, 0.05) is 32.9 Å². The lowest BCUT2D eigenvalue weighted by molar-refractivity contribution is -0.129. The van der Waals surface area contributed by atoms with Gasteiger partial charge in [0.25, 0.3) is 0 Å². The Labute approximate surface area is 120 Å². The fourth-order valence-electron chi connectivity index (χ4n) is 2.27. The second-order valence-corrected chi connectivity index (χ2v) is 5.29. The Kier molecular flexibility index (Phi) is 4.98. The fourth-order valence-corrected chi connectivity index (χ4v) is 2.27. The molecule has 0 spiro atoms. The number of anilines is 1. The van der Waals surface area contributed by atoms with Crippen LogP contribution in [0.3, 0.4) is 0 Å². The molecule has 2 N–H and O–H groups in total. The molecule has 1 aliphatic heterocycles. The lowest BCUT2D eigenvalue weighted by atomic mass is 10.1. The van der Waals surface area contributed by atoms with Gasteiger partial charge in [-0.05, 0) is 24.6 Å². The summed E-state index contributed by atoms with van der Waals surface area (Å²) in [6, 6.07) is 7.88. The first-order chi connectivity index (χ1) is 9.58. The molecular weight excluding hydrogens is 254 g/mol. The predicted molar refractivity (Wildman–Crippen MR) is 79.8 cm³/mol. The number of carbonyl (C=O) groups excluding carboxylic acids is 1. The van der Waals surface area contributed by atoms with Gasteiger partial charge >= 0.3 is 0 Å². The Morgan fingerprint density at radius 1 is 1.50 bits per heavy atom. The standard InChI is InChI=1S/C15H23N3O2/c1-11-14(16-7-8-20-11)15(19)17-10-12-5-4-6-13(9-12)18(2)3/h4-6,9,11,14,16H,7-8,10H2,1-3H3,(H,17,19)/t11-,14+/m1/s1. The van der Waals surface area contributed by atoms with E-state index >= 15 is 0 Å². The van der Waals surface area contributed by atoms with Crippen molar-refractivity contribution >= 4 is 11.6 Å². The molecule has 1 saturated heterocycles. The van der Waals surface area contributed by atoms with E-state index < -0.39 is 0 Å². The highest BCUT2D eigenvalue weighted by Crippen LogP contribution is 2.13. The van der Waals surface area contributed by atoms with Crippen LogP contribution in [-0.4, -0.2) is 45.3 Å². The molecule has 1 heterocycles. The average Bonchev–Trinajstić information content (AvgIpc) is 2.45. The minimum absolute atomic E-state index is 0.00699. The highest BCUT2D eigenvalue weighted by atomic mass is 16.5. The molecule has 1 aliphatic rings. The third-order valence-corrected chi connectivity index (χ3v) is 3.49. The first kappa shape index (κ1) is 14.8. The fraction of sp³-hybridized carbons (Fsp3) is 0.533. The van der Waals surface area contributed by atoms with E-state index in [2.05, 4.69) is 16.7 Å². The van der Waals surface area contributed by atoms with Gasteiger partial charge in [-0.15, -0.1) is 0 Å². The van der Waals surface area contributed by atoms with Crippen molar-refractivity contribution in [2.45, 2.75) is 25.6 Å². The number of rotatable bonds is 4. The Morgan fingerprint density at radius 2 is 2.30 bits per heavy atom. The molecule has 2 rings (SSSR count). The van der Waals surface area contributed by atoms with Crippen LogP contribution in [0.4, 0.5) is 5.69 Å². The largest absolute Gasteiger partial charge is 0.378 e. The number of ether oxygens (including phenoxy) is 1. The van der Waals surface area contributed by atoms with Crippen LogP contribution in [-0.2, 0) is 16.1 Å². The summed E-state index contributed by atoms with van der Waals surface area (Å²) in [4.78, 5) is 14.2. The third-order valence-electron chi connectivity index (χ3n) is 3.49.